The highest BCUT2D eigenvalue weighted by atomic mass is 16.5. The summed E-state index contributed by atoms with van der Waals surface area (Å²) in [6.07, 6.45) is 13.3. The van der Waals surface area contributed by atoms with E-state index < -0.39 is 18.2 Å². The van der Waals surface area contributed by atoms with Gasteiger partial charge in [-0.25, -0.2) is 19.6 Å². The van der Waals surface area contributed by atoms with Crippen molar-refractivity contribution in [2.75, 3.05) is 46.5 Å². The number of nitrogens with zero attached hydrogens (tertiary/aromatic N) is 5. The highest BCUT2D eigenvalue weighted by molar-refractivity contribution is 5.88. The summed E-state index contributed by atoms with van der Waals surface area (Å²) in [5, 5.41) is 5.77. The monoisotopic (exact) mass is 825 g/mol. The number of rotatable bonds is 11. The molecule has 0 unspecified atom stereocenters. The summed E-state index contributed by atoms with van der Waals surface area (Å²) >= 11 is 0. The number of aromatic nitrogens is 4. The van der Waals surface area contributed by atoms with Crippen molar-refractivity contribution in [2.45, 2.75) is 127 Å². The zero-order valence-electron chi connectivity index (χ0n) is 35.9. The second-order valence-corrected chi connectivity index (χ2v) is 18.5. The second-order valence-electron chi connectivity index (χ2n) is 18.5. The Morgan fingerprint density at radius 1 is 0.733 bits per heavy atom. The molecule has 3 aromatic rings. The highest BCUT2D eigenvalue weighted by Crippen LogP contribution is 2.58. The molecular weight excluding hydrogens is 763 g/mol. The molecule has 4 N–H and O–H groups in total. The van der Waals surface area contributed by atoms with Crippen molar-refractivity contribution >= 4 is 23.9 Å². The third kappa shape index (κ3) is 8.01. The molecule has 2 aromatic heterocycles. The minimum atomic E-state index is -0.673. The summed E-state index contributed by atoms with van der Waals surface area (Å²) in [4.78, 5) is 75.2. The van der Waals surface area contributed by atoms with E-state index in [1.54, 1.807) is 4.90 Å². The lowest BCUT2D eigenvalue weighted by atomic mass is 9.51. The number of carbonyl (C=O) groups is 4. The number of imidazole rings is 2. The van der Waals surface area contributed by atoms with E-state index in [9.17, 15) is 19.2 Å². The number of benzene rings is 1. The van der Waals surface area contributed by atoms with E-state index in [4.69, 9.17) is 19.4 Å². The van der Waals surface area contributed by atoms with Gasteiger partial charge in [0.15, 0.2) is 0 Å². The first-order valence-corrected chi connectivity index (χ1v) is 22.2. The summed E-state index contributed by atoms with van der Waals surface area (Å²) in [7, 11) is 1.30. The number of alkyl carbamates (subject to hydrolysis) is 1. The lowest BCUT2D eigenvalue weighted by Gasteiger charge is -2.53. The maximum atomic E-state index is 14.1. The number of carbonyl (C=O) groups excluding carboxylic acids is 4. The lowest BCUT2D eigenvalue weighted by molar-refractivity contribution is -0.136. The Bertz CT molecular complexity index is 2000. The van der Waals surface area contributed by atoms with E-state index in [2.05, 4.69) is 44.9 Å². The molecule has 3 saturated heterocycles. The number of methoxy groups -OCH3 is 1. The van der Waals surface area contributed by atoms with Gasteiger partial charge in [-0.2, -0.15) is 0 Å². The highest BCUT2D eigenvalue weighted by Gasteiger charge is 2.51. The predicted molar refractivity (Wildman–Crippen MR) is 225 cm³/mol. The number of H-pyrrole nitrogens is 2. The molecule has 1 aromatic carbocycles. The largest absolute Gasteiger partial charge is 0.453 e. The summed E-state index contributed by atoms with van der Waals surface area (Å²) < 4.78 is 10.2. The van der Waals surface area contributed by atoms with Gasteiger partial charge in [-0.05, 0) is 92.6 Å². The molecule has 15 nitrogen and oxygen atoms in total. The second kappa shape index (κ2) is 17.2. The summed E-state index contributed by atoms with van der Waals surface area (Å²) in [6, 6.07) is 7.17. The van der Waals surface area contributed by atoms with Crippen LogP contribution in [0.2, 0.25) is 0 Å². The fraction of sp³-hybridized carbons (Fsp3) is 0.644. The molecule has 5 heterocycles. The predicted octanol–water partition coefficient (Wildman–Crippen LogP) is 6.12. The number of amides is 5. The van der Waals surface area contributed by atoms with Crippen LogP contribution in [0.25, 0.3) is 11.3 Å². The smallest absolute Gasteiger partial charge is 0.407 e. The number of nitrogens with one attached hydrogen (secondary N) is 4. The molecule has 324 valence electrons. The van der Waals surface area contributed by atoms with E-state index in [0.29, 0.717) is 39.4 Å². The van der Waals surface area contributed by atoms with Gasteiger partial charge in [0.25, 0.3) is 0 Å². The van der Waals surface area contributed by atoms with Crippen molar-refractivity contribution in [3.05, 3.63) is 59.6 Å². The SMILES string of the molecule is COC(=O)N[C@H](C(=O)N1CCC[C@H]1c1ncc(-c2ccc(C34CCC(c5cnc([C@@H]6CCCN6C(=O)[C@@H](NC(=O)N6CCOCC6)C(C)C)[nH]5)(CC3)CC4)cc2)[nH]1)C(C)C. The van der Waals surface area contributed by atoms with E-state index >= 15 is 0 Å². The number of fused-ring (bicyclic) bond motifs is 3. The van der Waals surface area contributed by atoms with Crippen LogP contribution in [0.3, 0.4) is 0 Å². The lowest BCUT2D eigenvalue weighted by Crippen LogP contribution is -2.55. The summed E-state index contributed by atoms with van der Waals surface area (Å²) in [5.74, 6) is 1.31. The first-order valence-electron chi connectivity index (χ1n) is 22.2. The normalized spacial score (nSPS) is 26.4. The van der Waals surface area contributed by atoms with Gasteiger partial charge < -0.3 is 44.8 Å². The van der Waals surface area contributed by atoms with Crippen molar-refractivity contribution < 1.29 is 28.7 Å². The third-order valence-electron chi connectivity index (χ3n) is 14.4. The molecule has 60 heavy (non-hydrogen) atoms. The van der Waals surface area contributed by atoms with Gasteiger partial charge in [0, 0.05) is 43.5 Å². The maximum Gasteiger partial charge on any atom is 0.407 e. The zero-order chi connectivity index (χ0) is 42.2. The zero-order valence-corrected chi connectivity index (χ0v) is 35.9. The van der Waals surface area contributed by atoms with Gasteiger partial charge in [0.1, 0.15) is 23.7 Å². The molecule has 6 fully saturated rings. The maximum absolute atomic E-state index is 14.1. The molecule has 3 aliphatic carbocycles. The van der Waals surface area contributed by atoms with Crippen LogP contribution in [0.1, 0.15) is 127 Å². The molecule has 2 bridgehead atoms. The van der Waals surface area contributed by atoms with Crippen LogP contribution in [-0.2, 0) is 29.9 Å². The first-order chi connectivity index (χ1) is 28.9. The Balaban J connectivity index is 0.897. The Kier molecular flexibility index (Phi) is 12.0. The molecule has 15 heteroatoms. The Morgan fingerprint density at radius 3 is 1.83 bits per heavy atom. The number of likely N-dealkylation sites (tertiary alicyclic amines) is 2. The van der Waals surface area contributed by atoms with Crippen LogP contribution in [0.5, 0.6) is 0 Å². The molecule has 3 saturated carbocycles. The van der Waals surface area contributed by atoms with Crippen molar-refractivity contribution in [1.29, 1.82) is 0 Å². The van der Waals surface area contributed by atoms with Gasteiger partial charge in [-0.15, -0.1) is 0 Å². The third-order valence-corrected chi connectivity index (χ3v) is 14.4. The average Bonchev–Trinajstić information content (AvgIpc) is 4.12. The van der Waals surface area contributed by atoms with Crippen LogP contribution >= 0.6 is 0 Å². The van der Waals surface area contributed by atoms with Gasteiger partial charge in [0.2, 0.25) is 11.8 Å². The van der Waals surface area contributed by atoms with Crippen molar-refractivity contribution in [2.24, 2.45) is 11.8 Å². The minimum Gasteiger partial charge on any atom is -0.453 e. The molecule has 9 rings (SSSR count). The van der Waals surface area contributed by atoms with Crippen LogP contribution in [0, 0.1) is 11.8 Å². The fourth-order valence-electron chi connectivity index (χ4n) is 10.6. The summed E-state index contributed by atoms with van der Waals surface area (Å²) in [6.45, 7) is 11.2. The fourth-order valence-corrected chi connectivity index (χ4v) is 10.6. The van der Waals surface area contributed by atoms with Crippen LogP contribution in [0.4, 0.5) is 9.59 Å². The number of aromatic amines is 2. The topological polar surface area (TPSA) is 178 Å². The van der Waals surface area contributed by atoms with E-state index in [1.807, 2.05) is 49.9 Å². The summed E-state index contributed by atoms with van der Waals surface area (Å²) in [5.41, 5.74) is 4.75. The molecule has 3 aliphatic heterocycles. The molecule has 5 amide bonds. The van der Waals surface area contributed by atoms with Gasteiger partial charge in [-0.3, -0.25) is 9.59 Å². The van der Waals surface area contributed by atoms with E-state index in [1.165, 1.54) is 18.4 Å². The molecular formula is C45H63N9O6. The van der Waals surface area contributed by atoms with Gasteiger partial charge >= 0.3 is 12.1 Å². The average molecular weight is 826 g/mol. The quantitative estimate of drug-likeness (QED) is 0.179. The molecule has 0 radical (unpaired) electrons. The van der Waals surface area contributed by atoms with Crippen molar-refractivity contribution in [1.82, 2.24) is 45.3 Å². The van der Waals surface area contributed by atoms with Gasteiger partial charge in [-0.1, -0.05) is 52.0 Å². The van der Waals surface area contributed by atoms with Crippen LogP contribution < -0.4 is 10.6 Å². The number of morpholine rings is 1. The Hall–Kier alpha value is -4.92. The Labute approximate surface area is 353 Å². The van der Waals surface area contributed by atoms with E-state index in [-0.39, 0.29) is 52.6 Å². The number of hydrogen-bond donors (Lipinski definition) is 4. The number of hydrogen-bond acceptors (Lipinski definition) is 8. The molecule has 6 aliphatic rings. The van der Waals surface area contributed by atoms with Crippen molar-refractivity contribution in [3.8, 4) is 11.3 Å². The number of ether oxygens (including phenoxy) is 2. The minimum absolute atomic E-state index is 0.0390. The molecule has 0 spiro atoms. The number of urea groups is 1. The molecule has 4 atom stereocenters. The van der Waals surface area contributed by atoms with Crippen LogP contribution in [-0.4, -0.2) is 117 Å². The van der Waals surface area contributed by atoms with Gasteiger partial charge in [0.05, 0.1) is 44.3 Å². The van der Waals surface area contributed by atoms with E-state index in [0.717, 1.165) is 87.1 Å². The first kappa shape index (κ1) is 41.8. The van der Waals surface area contributed by atoms with Crippen molar-refractivity contribution in [3.63, 3.8) is 0 Å². The Morgan fingerprint density at radius 2 is 1.27 bits per heavy atom. The standard InChI is InChI=1S/C45H63N9O6/c1-28(2)36(50-42(57)52-22-24-60-25-23-52)40(55)54-21-7-9-34(54)39-47-27-35(49-39)45-17-14-44(15-18-45,16-19-45)31-12-10-30(11-13-31)32-26-46-38(48-32)33-8-6-20-53(33)41(56)37(29(3)4)51-43(58)59-5/h10-13,26-29,33-34,36-37H,6-9,14-25H2,1-5H3,(H,46,48)(H,47,49)(H,50,57)(H,51,58)/t33-,34-,36-,37-,44?,45?/m0/s1. The van der Waals surface area contributed by atoms with Crippen LogP contribution in [0.15, 0.2) is 36.7 Å².